The van der Waals surface area contributed by atoms with Crippen LogP contribution >= 0.6 is 23.4 Å². The summed E-state index contributed by atoms with van der Waals surface area (Å²) in [4.78, 5) is 19.7. The number of aryl methyl sites for hydroxylation is 1. The molecule has 4 rings (SSSR count). The first kappa shape index (κ1) is 20.9. The van der Waals surface area contributed by atoms with E-state index in [0.29, 0.717) is 53.9 Å². The van der Waals surface area contributed by atoms with E-state index in [9.17, 15) is 4.79 Å². The zero-order chi connectivity index (χ0) is 21.3. The molecule has 1 unspecified atom stereocenters. The van der Waals surface area contributed by atoms with Gasteiger partial charge >= 0.3 is 0 Å². The van der Waals surface area contributed by atoms with Crippen LogP contribution in [0.15, 0.2) is 29.4 Å². The number of hydrogen-bond donors (Lipinski definition) is 2. The number of aromatic nitrogens is 4. The summed E-state index contributed by atoms with van der Waals surface area (Å²) in [6.45, 7) is 6.16. The van der Waals surface area contributed by atoms with Crippen LogP contribution in [0, 0.1) is 12.3 Å². The Morgan fingerprint density at radius 1 is 1.40 bits per heavy atom. The second-order valence-corrected chi connectivity index (χ2v) is 8.66. The third-order valence-electron chi connectivity index (χ3n) is 5.06. The fourth-order valence-corrected chi connectivity index (χ4v) is 4.78. The summed E-state index contributed by atoms with van der Waals surface area (Å²) in [6, 6.07) is 7.29. The molecule has 0 radical (unpaired) electrons. The van der Waals surface area contributed by atoms with E-state index in [4.69, 9.17) is 26.7 Å². The summed E-state index contributed by atoms with van der Waals surface area (Å²) in [7, 11) is 0. The Morgan fingerprint density at radius 2 is 2.17 bits per heavy atom. The molecule has 2 N–H and O–H groups in total. The number of rotatable bonds is 5. The molecule has 158 valence electrons. The maximum atomic E-state index is 13.1. The number of nitrogens with one attached hydrogen (secondary N) is 2. The third kappa shape index (κ3) is 3.97. The van der Waals surface area contributed by atoms with Crippen LogP contribution in [0.1, 0.15) is 19.0 Å². The Labute approximate surface area is 183 Å². The molecule has 3 heterocycles. The Bertz CT molecular complexity index is 1140. The predicted molar refractivity (Wildman–Crippen MR) is 116 cm³/mol. The number of carbonyl (C=O) groups is 1. The van der Waals surface area contributed by atoms with Crippen molar-refractivity contribution in [2.75, 3.05) is 26.3 Å². The van der Waals surface area contributed by atoms with E-state index in [1.54, 1.807) is 16.7 Å². The monoisotopic (exact) mass is 446 g/mol. The van der Waals surface area contributed by atoms with Gasteiger partial charge in [0.15, 0.2) is 10.8 Å². The lowest BCUT2D eigenvalue weighted by Gasteiger charge is -2.30. The maximum Gasteiger partial charge on any atom is 0.236 e. The standard InChI is InChI=1S/C20H23ClN6O2S/c1-3-15(19(28)26-7-9-29-10-8-26)30-20-23-18-16(12(2)24-25-18)17(22)27(20)14-6-4-5-13(21)11-14/h4-6,11,15,22H,3,7-10H2,1-2H3,(H,24,25). The SMILES string of the molecule is CCC(Sc1nc2n[nH]c(C)c2c(=N)n1-c1cccc(Cl)c1)C(=O)N1CCOCC1. The normalized spacial score (nSPS) is 15.5. The van der Waals surface area contributed by atoms with Gasteiger partial charge in [0.05, 0.1) is 29.5 Å². The van der Waals surface area contributed by atoms with Gasteiger partial charge in [-0.25, -0.2) is 4.98 Å². The van der Waals surface area contributed by atoms with E-state index >= 15 is 0 Å². The number of amides is 1. The van der Waals surface area contributed by atoms with E-state index in [1.165, 1.54) is 11.8 Å². The van der Waals surface area contributed by atoms with E-state index in [-0.39, 0.29) is 16.6 Å². The second-order valence-electron chi connectivity index (χ2n) is 7.06. The van der Waals surface area contributed by atoms with Crippen molar-refractivity contribution in [2.45, 2.75) is 30.7 Å². The minimum absolute atomic E-state index is 0.0649. The topological polar surface area (TPSA) is 99.9 Å². The van der Waals surface area contributed by atoms with Crippen LogP contribution in [-0.4, -0.2) is 62.1 Å². The van der Waals surface area contributed by atoms with Crippen molar-refractivity contribution in [3.05, 3.63) is 40.5 Å². The van der Waals surface area contributed by atoms with Gasteiger partial charge in [0.25, 0.3) is 0 Å². The van der Waals surface area contributed by atoms with Crippen LogP contribution < -0.4 is 5.49 Å². The molecule has 1 aliphatic heterocycles. The van der Waals surface area contributed by atoms with Crippen LogP contribution in [0.3, 0.4) is 0 Å². The number of hydrogen-bond acceptors (Lipinski definition) is 6. The molecule has 0 bridgehead atoms. The molecule has 1 aromatic carbocycles. The first-order chi connectivity index (χ1) is 14.5. The number of benzene rings is 1. The lowest BCUT2D eigenvalue weighted by Crippen LogP contribution is -2.44. The van der Waals surface area contributed by atoms with Crippen LogP contribution in [0.4, 0.5) is 0 Å². The van der Waals surface area contributed by atoms with Crippen molar-refractivity contribution in [3.8, 4) is 5.69 Å². The zero-order valence-electron chi connectivity index (χ0n) is 16.8. The van der Waals surface area contributed by atoms with Crippen LogP contribution in [0.5, 0.6) is 0 Å². The Kier molecular flexibility index (Phi) is 6.12. The van der Waals surface area contributed by atoms with Crippen LogP contribution in [0.25, 0.3) is 16.7 Å². The molecular formula is C20H23ClN6O2S. The molecule has 1 atom stereocenters. The molecular weight excluding hydrogens is 424 g/mol. The zero-order valence-corrected chi connectivity index (χ0v) is 18.4. The van der Waals surface area contributed by atoms with E-state index in [1.807, 2.05) is 30.9 Å². The Morgan fingerprint density at radius 3 is 2.87 bits per heavy atom. The Hall–Kier alpha value is -2.36. The van der Waals surface area contributed by atoms with E-state index in [2.05, 4.69) is 10.2 Å². The number of carbonyl (C=O) groups excluding carboxylic acids is 1. The van der Waals surface area contributed by atoms with Gasteiger partial charge in [-0.3, -0.25) is 19.9 Å². The first-order valence-corrected chi connectivity index (χ1v) is 11.1. The van der Waals surface area contributed by atoms with Crippen molar-refractivity contribution in [1.82, 2.24) is 24.6 Å². The summed E-state index contributed by atoms with van der Waals surface area (Å²) in [5.74, 6) is 0.0649. The second kappa shape index (κ2) is 8.79. The first-order valence-electron chi connectivity index (χ1n) is 9.81. The molecule has 2 aromatic heterocycles. The number of morpholine rings is 1. The highest BCUT2D eigenvalue weighted by Crippen LogP contribution is 2.29. The van der Waals surface area contributed by atoms with Crippen molar-refractivity contribution in [1.29, 1.82) is 5.41 Å². The Balaban J connectivity index is 1.79. The fraction of sp³-hybridized carbons (Fsp3) is 0.400. The van der Waals surface area contributed by atoms with Gasteiger partial charge in [-0.15, -0.1) is 0 Å². The molecule has 0 aliphatic carbocycles. The summed E-state index contributed by atoms with van der Waals surface area (Å²) in [5, 5.41) is 17.4. The van der Waals surface area contributed by atoms with Gasteiger partial charge in [0, 0.05) is 23.8 Å². The van der Waals surface area contributed by atoms with Gasteiger partial charge in [-0.2, -0.15) is 5.10 Å². The number of ether oxygens (including phenoxy) is 1. The third-order valence-corrected chi connectivity index (χ3v) is 6.60. The highest BCUT2D eigenvalue weighted by molar-refractivity contribution is 8.00. The molecule has 1 saturated heterocycles. The molecule has 30 heavy (non-hydrogen) atoms. The van der Waals surface area contributed by atoms with Gasteiger partial charge in [-0.05, 0) is 31.5 Å². The van der Waals surface area contributed by atoms with Gasteiger partial charge in [-0.1, -0.05) is 36.4 Å². The molecule has 10 heteroatoms. The summed E-state index contributed by atoms with van der Waals surface area (Å²) in [5.41, 5.74) is 2.21. The molecule has 1 amide bonds. The molecule has 3 aromatic rings. The largest absolute Gasteiger partial charge is 0.378 e. The number of fused-ring (bicyclic) bond motifs is 1. The average Bonchev–Trinajstić information content (AvgIpc) is 3.13. The molecule has 8 nitrogen and oxygen atoms in total. The molecule has 1 aliphatic rings. The van der Waals surface area contributed by atoms with Gasteiger partial charge in [0.2, 0.25) is 5.91 Å². The minimum atomic E-state index is -0.321. The van der Waals surface area contributed by atoms with Gasteiger partial charge < -0.3 is 9.64 Å². The summed E-state index contributed by atoms with van der Waals surface area (Å²) >= 11 is 7.58. The van der Waals surface area contributed by atoms with Crippen LogP contribution in [0.2, 0.25) is 5.02 Å². The number of thioether (sulfide) groups is 1. The maximum absolute atomic E-state index is 13.1. The highest BCUT2D eigenvalue weighted by atomic mass is 35.5. The smallest absolute Gasteiger partial charge is 0.236 e. The van der Waals surface area contributed by atoms with Crippen molar-refractivity contribution < 1.29 is 9.53 Å². The summed E-state index contributed by atoms with van der Waals surface area (Å²) in [6.07, 6.45) is 0.642. The number of nitrogens with zero attached hydrogens (tertiary/aromatic N) is 4. The van der Waals surface area contributed by atoms with E-state index in [0.717, 1.165) is 11.4 Å². The van der Waals surface area contributed by atoms with Gasteiger partial charge in [0.1, 0.15) is 5.49 Å². The number of halogens is 1. The fourth-order valence-electron chi connectivity index (χ4n) is 3.49. The predicted octanol–water partition coefficient (Wildman–Crippen LogP) is 2.92. The van der Waals surface area contributed by atoms with Crippen molar-refractivity contribution >= 4 is 40.3 Å². The number of H-pyrrole nitrogens is 1. The quantitative estimate of drug-likeness (QED) is 0.463. The van der Waals surface area contributed by atoms with Crippen molar-refractivity contribution in [3.63, 3.8) is 0 Å². The molecule has 0 spiro atoms. The number of aromatic amines is 1. The van der Waals surface area contributed by atoms with Crippen LogP contribution in [-0.2, 0) is 9.53 Å². The summed E-state index contributed by atoms with van der Waals surface area (Å²) < 4.78 is 7.10. The lowest BCUT2D eigenvalue weighted by molar-refractivity contribution is -0.134. The highest BCUT2D eigenvalue weighted by Gasteiger charge is 2.28. The molecule has 0 saturated carbocycles. The van der Waals surface area contributed by atoms with E-state index < -0.39 is 0 Å². The minimum Gasteiger partial charge on any atom is -0.378 e. The lowest BCUT2D eigenvalue weighted by atomic mass is 10.2. The van der Waals surface area contributed by atoms with Crippen molar-refractivity contribution in [2.24, 2.45) is 0 Å². The average molecular weight is 447 g/mol. The molecule has 1 fully saturated rings.